The third-order valence-corrected chi connectivity index (χ3v) is 2.84. The van der Waals surface area contributed by atoms with Gasteiger partial charge in [-0.3, -0.25) is 9.59 Å². The number of carbonyl (C=O) groups excluding carboxylic acids is 2. The van der Waals surface area contributed by atoms with Crippen molar-refractivity contribution in [1.29, 1.82) is 0 Å². The smallest absolute Gasteiger partial charge is 0.321 e. The summed E-state index contributed by atoms with van der Waals surface area (Å²) in [5.41, 5.74) is 0. The maximum absolute atomic E-state index is 11.3. The topological polar surface area (TPSA) is 43.4 Å². The molecule has 0 radical (unpaired) electrons. The Morgan fingerprint density at radius 3 is 2.31 bits per heavy atom. The Bertz CT molecular complexity index is 199. The third-order valence-electron chi connectivity index (χ3n) is 1.40. The minimum absolute atomic E-state index is 0.0716. The van der Waals surface area contributed by atoms with E-state index in [0.29, 0.717) is 12.4 Å². The monoisotopic (exact) mass is 204 g/mol. The second-order valence-electron chi connectivity index (χ2n) is 3.22. The fraction of sp³-hybridized carbons (Fsp3) is 0.778. The zero-order valence-corrected chi connectivity index (χ0v) is 9.36. The van der Waals surface area contributed by atoms with E-state index in [1.807, 2.05) is 0 Å². The van der Waals surface area contributed by atoms with Gasteiger partial charge in [-0.05, 0) is 27.7 Å². The SMILES string of the molecule is CCOC(=O)C(C)(C)SCC(C)=O. The molecule has 0 heterocycles. The van der Waals surface area contributed by atoms with E-state index >= 15 is 0 Å². The number of Topliss-reactive ketones (excluding diaryl/α,β-unsaturated/α-hetero) is 1. The molecule has 3 nitrogen and oxygen atoms in total. The van der Waals surface area contributed by atoms with E-state index in [4.69, 9.17) is 4.74 Å². The molecule has 0 amide bonds. The van der Waals surface area contributed by atoms with Crippen LogP contribution < -0.4 is 0 Å². The van der Waals surface area contributed by atoms with Gasteiger partial charge in [0.05, 0.1) is 12.4 Å². The summed E-state index contributed by atoms with van der Waals surface area (Å²) in [6, 6.07) is 0. The molecule has 0 spiro atoms. The molecule has 0 aromatic carbocycles. The number of rotatable bonds is 5. The van der Waals surface area contributed by atoms with Gasteiger partial charge in [0.2, 0.25) is 0 Å². The van der Waals surface area contributed by atoms with E-state index in [-0.39, 0.29) is 11.8 Å². The average molecular weight is 204 g/mol. The van der Waals surface area contributed by atoms with Crippen molar-refractivity contribution in [3.05, 3.63) is 0 Å². The van der Waals surface area contributed by atoms with Crippen LogP contribution in [0.2, 0.25) is 0 Å². The van der Waals surface area contributed by atoms with Crippen LogP contribution >= 0.6 is 11.8 Å². The minimum Gasteiger partial charge on any atom is -0.465 e. The first kappa shape index (κ1) is 12.5. The summed E-state index contributed by atoms with van der Waals surface area (Å²) in [6.45, 7) is 7.18. The largest absolute Gasteiger partial charge is 0.465 e. The van der Waals surface area contributed by atoms with Crippen LogP contribution in [0.25, 0.3) is 0 Å². The van der Waals surface area contributed by atoms with Crippen LogP contribution in [0, 0.1) is 0 Å². The highest BCUT2D eigenvalue weighted by atomic mass is 32.2. The second-order valence-corrected chi connectivity index (χ2v) is 4.82. The second kappa shape index (κ2) is 5.27. The molecule has 0 bridgehead atoms. The van der Waals surface area contributed by atoms with Gasteiger partial charge in [0.15, 0.2) is 0 Å². The number of esters is 1. The number of carbonyl (C=O) groups is 2. The lowest BCUT2D eigenvalue weighted by Gasteiger charge is -2.20. The molecule has 0 aliphatic carbocycles. The number of hydrogen-bond acceptors (Lipinski definition) is 4. The van der Waals surface area contributed by atoms with Crippen LogP contribution in [0.15, 0.2) is 0 Å². The molecule has 13 heavy (non-hydrogen) atoms. The highest BCUT2D eigenvalue weighted by Gasteiger charge is 2.29. The summed E-state index contributed by atoms with van der Waals surface area (Å²) in [5, 5.41) is 0. The summed E-state index contributed by atoms with van der Waals surface area (Å²) in [5.74, 6) is 0.162. The Labute approximate surface area is 83.2 Å². The molecular formula is C9H16O3S. The van der Waals surface area contributed by atoms with Gasteiger partial charge in [0, 0.05) is 0 Å². The number of thioether (sulfide) groups is 1. The lowest BCUT2D eigenvalue weighted by Crippen LogP contribution is -2.31. The number of ketones is 1. The maximum Gasteiger partial charge on any atom is 0.321 e. The Hall–Kier alpha value is -0.510. The average Bonchev–Trinajstić information content (AvgIpc) is 2.01. The molecule has 0 aliphatic rings. The van der Waals surface area contributed by atoms with Gasteiger partial charge in [0.1, 0.15) is 10.5 Å². The predicted octanol–water partition coefficient (Wildman–Crippen LogP) is 1.65. The molecule has 0 fully saturated rings. The lowest BCUT2D eigenvalue weighted by molar-refractivity contribution is -0.145. The van der Waals surface area contributed by atoms with Gasteiger partial charge in [-0.1, -0.05) is 0 Å². The van der Waals surface area contributed by atoms with Gasteiger partial charge in [-0.25, -0.2) is 0 Å². The first-order chi connectivity index (χ1) is 5.90. The molecule has 0 atom stereocenters. The number of hydrogen-bond donors (Lipinski definition) is 0. The van der Waals surface area contributed by atoms with Crippen LogP contribution in [0.4, 0.5) is 0 Å². The van der Waals surface area contributed by atoms with E-state index < -0.39 is 4.75 Å². The van der Waals surface area contributed by atoms with Crippen LogP contribution in [0.1, 0.15) is 27.7 Å². The van der Waals surface area contributed by atoms with Gasteiger partial charge >= 0.3 is 5.97 Å². The lowest BCUT2D eigenvalue weighted by atomic mass is 10.2. The fourth-order valence-electron chi connectivity index (χ4n) is 0.646. The zero-order chi connectivity index (χ0) is 10.5. The van der Waals surface area contributed by atoms with Crippen LogP contribution in [0.5, 0.6) is 0 Å². The van der Waals surface area contributed by atoms with Crippen molar-refractivity contribution in [3.63, 3.8) is 0 Å². The molecule has 0 N–H and O–H groups in total. The van der Waals surface area contributed by atoms with Gasteiger partial charge < -0.3 is 4.74 Å². The summed E-state index contributed by atoms with van der Waals surface area (Å²) in [4.78, 5) is 22.0. The van der Waals surface area contributed by atoms with Crippen LogP contribution in [0.3, 0.4) is 0 Å². The molecular weight excluding hydrogens is 188 g/mol. The predicted molar refractivity (Wildman–Crippen MR) is 53.9 cm³/mol. The molecule has 0 aromatic rings. The summed E-state index contributed by atoms with van der Waals surface area (Å²) >= 11 is 1.31. The number of ether oxygens (including phenoxy) is 1. The highest BCUT2D eigenvalue weighted by Crippen LogP contribution is 2.25. The van der Waals surface area contributed by atoms with Crippen molar-refractivity contribution >= 4 is 23.5 Å². The van der Waals surface area contributed by atoms with E-state index in [2.05, 4.69) is 0 Å². The van der Waals surface area contributed by atoms with E-state index in [0.717, 1.165) is 0 Å². The first-order valence-corrected chi connectivity index (χ1v) is 5.19. The van der Waals surface area contributed by atoms with E-state index in [1.54, 1.807) is 20.8 Å². The molecule has 0 saturated carbocycles. The van der Waals surface area contributed by atoms with E-state index in [1.165, 1.54) is 18.7 Å². The Balaban J connectivity index is 4.05. The van der Waals surface area contributed by atoms with Gasteiger partial charge in [-0.2, -0.15) is 0 Å². The maximum atomic E-state index is 11.3. The normalized spacial score (nSPS) is 11.1. The first-order valence-electron chi connectivity index (χ1n) is 4.20. The Morgan fingerprint density at radius 1 is 1.38 bits per heavy atom. The molecule has 0 unspecified atom stereocenters. The van der Waals surface area contributed by atoms with E-state index in [9.17, 15) is 9.59 Å². The molecule has 4 heteroatoms. The molecule has 76 valence electrons. The Morgan fingerprint density at radius 2 is 1.92 bits per heavy atom. The third kappa shape index (κ3) is 4.93. The van der Waals surface area contributed by atoms with Crippen molar-refractivity contribution in [2.75, 3.05) is 12.4 Å². The molecule has 0 aromatic heterocycles. The van der Waals surface area contributed by atoms with Crippen molar-refractivity contribution < 1.29 is 14.3 Å². The quantitative estimate of drug-likeness (QED) is 0.639. The minimum atomic E-state index is -0.623. The molecule has 0 saturated heterocycles. The standard InChI is InChI=1S/C9H16O3S/c1-5-12-8(11)9(3,4)13-6-7(2)10/h5-6H2,1-4H3. The zero-order valence-electron chi connectivity index (χ0n) is 8.55. The summed E-state index contributed by atoms with van der Waals surface area (Å²) < 4.78 is 4.24. The van der Waals surface area contributed by atoms with Crippen molar-refractivity contribution in [2.24, 2.45) is 0 Å². The Kier molecular flexibility index (Phi) is 5.06. The summed E-state index contributed by atoms with van der Waals surface area (Å²) in [6.07, 6.45) is 0. The van der Waals surface area contributed by atoms with Crippen molar-refractivity contribution in [3.8, 4) is 0 Å². The van der Waals surface area contributed by atoms with Gasteiger partial charge in [0.25, 0.3) is 0 Å². The molecule has 0 aliphatic heterocycles. The van der Waals surface area contributed by atoms with Crippen LogP contribution in [-0.4, -0.2) is 28.9 Å². The fourth-order valence-corrected chi connectivity index (χ4v) is 1.39. The van der Waals surface area contributed by atoms with Gasteiger partial charge in [-0.15, -0.1) is 11.8 Å². The van der Waals surface area contributed by atoms with Crippen LogP contribution in [-0.2, 0) is 14.3 Å². The van der Waals surface area contributed by atoms with Crippen molar-refractivity contribution in [2.45, 2.75) is 32.4 Å². The molecule has 0 rings (SSSR count). The highest BCUT2D eigenvalue weighted by molar-refractivity contribution is 8.02. The van der Waals surface area contributed by atoms with Crippen molar-refractivity contribution in [1.82, 2.24) is 0 Å². The summed E-state index contributed by atoms with van der Waals surface area (Å²) in [7, 11) is 0.